The monoisotopic (exact) mass is 285 g/mol. The molecule has 0 atom stereocenters. The van der Waals surface area contributed by atoms with Crippen LogP contribution in [-0.4, -0.2) is 4.98 Å². The molecule has 0 aliphatic rings. The van der Waals surface area contributed by atoms with Crippen LogP contribution < -0.4 is 11.5 Å². The summed E-state index contributed by atoms with van der Waals surface area (Å²) < 4.78 is 24.8. The smallest absolute Gasteiger partial charge is 0.268 e. The molecular formula is C6H6F2IN3. The minimum Gasteiger partial charge on any atom is -0.397 e. The van der Waals surface area contributed by atoms with Gasteiger partial charge in [0.05, 0.1) is 23.1 Å². The van der Waals surface area contributed by atoms with Crippen LogP contribution in [0.25, 0.3) is 0 Å². The van der Waals surface area contributed by atoms with Crippen LogP contribution in [0.3, 0.4) is 0 Å². The maximum absolute atomic E-state index is 12.3. The van der Waals surface area contributed by atoms with E-state index in [1.807, 2.05) is 0 Å². The summed E-state index contributed by atoms with van der Waals surface area (Å²) >= 11 is 1.69. The summed E-state index contributed by atoms with van der Waals surface area (Å²) in [5.74, 6) is 0. The molecule has 0 aromatic carbocycles. The molecule has 1 aromatic rings. The number of hydrogen-bond acceptors (Lipinski definition) is 3. The van der Waals surface area contributed by atoms with Gasteiger partial charge < -0.3 is 11.5 Å². The summed E-state index contributed by atoms with van der Waals surface area (Å²) in [6.07, 6.45) is -1.36. The SMILES string of the molecule is Nc1cnc(I)c(C(F)F)c1N. The number of rotatable bonds is 1. The van der Waals surface area contributed by atoms with Gasteiger partial charge in [-0.15, -0.1) is 0 Å². The Morgan fingerprint density at radius 3 is 2.42 bits per heavy atom. The van der Waals surface area contributed by atoms with Gasteiger partial charge in [0, 0.05) is 0 Å². The van der Waals surface area contributed by atoms with Gasteiger partial charge in [-0.05, 0) is 22.6 Å². The maximum atomic E-state index is 12.3. The lowest BCUT2D eigenvalue weighted by Crippen LogP contribution is -2.04. The van der Waals surface area contributed by atoms with Crippen molar-refractivity contribution in [1.29, 1.82) is 0 Å². The summed E-state index contributed by atoms with van der Waals surface area (Å²) in [7, 11) is 0. The fraction of sp³-hybridized carbons (Fsp3) is 0.167. The minimum absolute atomic E-state index is 0.0793. The Balaban J connectivity index is 3.33. The predicted octanol–water partition coefficient (Wildman–Crippen LogP) is 1.79. The predicted molar refractivity (Wildman–Crippen MR) is 50.7 cm³/mol. The molecule has 0 bridgehead atoms. The molecule has 3 nitrogen and oxygen atoms in total. The molecule has 0 saturated carbocycles. The van der Waals surface area contributed by atoms with E-state index in [2.05, 4.69) is 4.98 Å². The van der Waals surface area contributed by atoms with Crippen molar-refractivity contribution >= 4 is 34.0 Å². The number of halogens is 3. The lowest BCUT2D eigenvalue weighted by Gasteiger charge is -2.07. The minimum atomic E-state index is -2.63. The second-order valence-electron chi connectivity index (χ2n) is 2.13. The van der Waals surface area contributed by atoms with Gasteiger partial charge in [-0.1, -0.05) is 0 Å². The van der Waals surface area contributed by atoms with Gasteiger partial charge in [0.2, 0.25) is 0 Å². The van der Waals surface area contributed by atoms with Gasteiger partial charge >= 0.3 is 0 Å². The van der Waals surface area contributed by atoms with E-state index in [9.17, 15) is 8.78 Å². The zero-order valence-corrected chi connectivity index (χ0v) is 8.05. The highest BCUT2D eigenvalue weighted by atomic mass is 127. The molecule has 66 valence electrons. The highest BCUT2D eigenvalue weighted by Crippen LogP contribution is 2.31. The Morgan fingerprint density at radius 1 is 1.42 bits per heavy atom. The third-order valence-corrected chi connectivity index (χ3v) is 2.22. The molecule has 0 spiro atoms. The molecule has 1 rings (SSSR count). The number of nitrogens with zero attached hydrogens (tertiary/aromatic N) is 1. The highest BCUT2D eigenvalue weighted by molar-refractivity contribution is 14.1. The average Bonchev–Trinajstić information content (AvgIpc) is 1.97. The number of nitrogens with two attached hydrogens (primary N) is 2. The summed E-state index contributed by atoms with van der Waals surface area (Å²) in [4.78, 5) is 3.66. The molecule has 6 heteroatoms. The van der Waals surface area contributed by atoms with Crippen LogP contribution in [0.5, 0.6) is 0 Å². The fourth-order valence-electron chi connectivity index (χ4n) is 0.740. The van der Waals surface area contributed by atoms with Crippen molar-refractivity contribution in [3.8, 4) is 0 Å². The molecule has 4 N–H and O–H groups in total. The summed E-state index contributed by atoms with van der Waals surface area (Å²) in [6, 6.07) is 0. The van der Waals surface area contributed by atoms with E-state index in [1.54, 1.807) is 22.6 Å². The van der Waals surface area contributed by atoms with E-state index in [1.165, 1.54) is 6.20 Å². The second kappa shape index (κ2) is 3.38. The Morgan fingerprint density at radius 2 is 2.00 bits per heavy atom. The molecular weight excluding hydrogens is 279 g/mol. The van der Waals surface area contributed by atoms with E-state index < -0.39 is 6.43 Å². The average molecular weight is 285 g/mol. The van der Waals surface area contributed by atoms with Crippen molar-refractivity contribution in [2.75, 3.05) is 11.5 Å². The van der Waals surface area contributed by atoms with Crippen molar-refractivity contribution in [1.82, 2.24) is 4.98 Å². The third-order valence-electron chi connectivity index (χ3n) is 1.36. The molecule has 0 aliphatic heterocycles. The van der Waals surface area contributed by atoms with Gasteiger partial charge in [-0.2, -0.15) is 0 Å². The third kappa shape index (κ3) is 1.57. The van der Waals surface area contributed by atoms with Crippen molar-refractivity contribution in [2.45, 2.75) is 6.43 Å². The maximum Gasteiger partial charge on any atom is 0.268 e. The van der Waals surface area contributed by atoms with Crippen molar-refractivity contribution in [3.05, 3.63) is 15.5 Å². The van der Waals surface area contributed by atoms with Gasteiger partial charge in [-0.25, -0.2) is 13.8 Å². The standard InChI is InChI=1S/C6H6F2IN3/c7-5(8)3-4(11)2(10)1-12-6(3)9/h1,5H,10H2,(H2,11,12). The first-order valence-electron chi connectivity index (χ1n) is 3.01. The van der Waals surface area contributed by atoms with Crippen LogP contribution in [0.15, 0.2) is 6.20 Å². The molecule has 1 heterocycles. The summed E-state index contributed by atoms with van der Waals surface area (Å²) in [5.41, 5.74) is 10.4. The first-order valence-corrected chi connectivity index (χ1v) is 4.09. The quantitative estimate of drug-likeness (QED) is 0.610. The Hall–Kier alpha value is -0.660. The molecule has 12 heavy (non-hydrogen) atoms. The topological polar surface area (TPSA) is 64.9 Å². The van der Waals surface area contributed by atoms with Crippen LogP contribution in [0.2, 0.25) is 0 Å². The van der Waals surface area contributed by atoms with E-state index in [-0.39, 0.29) is 20.6 Å². The van der Waals surface area contributed by atoms with Gasteiger partial charge in [0.25, 0.3) is 6.43 Å². The Bertz CT molecular complexity index is 303. The van der Waals surface area contributed by atoms with Gasteiger partial charge in [0.15, 0.2) is 0 Å². The lowest BCUT2D eigenvalue weighted by atomic mass is 10.2. The van der Waals surface area contributed by atoms with E-state index in [0.29, 0.717) is 0 Å². The zero-order valence-electron chi connectivity index (χ0n) is 5.89. The van der Waals surface area contributed by atoms with Crippen LogP contribution >= 0.6 is 22.6 Å². The first kappa shape index (κ1) is 9.43. The van der Waals surface area contributed by atoms with Crippen molar-refractivity contribution in [2.24, 2.45) is 0 Å². The number of alkyl halides is 2. The van der Waals surface area contributed by atoms with Crippen LogP contribution in [0, 0.1) is 3.70 Å². The molecule has 1 aromatic heterocycles. The van der Waals surface area contributed by atoms with Crippen molar-refractivity contribution in [3.63, 3.8) is 0 Å². The number of aromatic nitrogens is 1. The zero-order chi connectivity index (χ0) is 9.30. The van der Waals surface area contributed by atoms with E-state index in [0.717, 1.165) is 0 Å². The van der Waals surface area contributed by atoms with E-state index in [4.69, 9.17) is 11.5 Å². The Labute approximate surface area is 81.3 Å². The molecule has 0 radical (unpaired) electrons. The molecule has 0 unspecified atom stereocenters. The molecule has 0 aliphatic carbocycles. The van der Waals surface area contributed by atoms with Crippen LogP contribution in [0.4, 0.5) is 20.2 Å². The fourth-order valence-corrected chi connectivity index (χ4v) is 1.40. The van der Waals surface area contributed by atoms with Crippen LogP contribution in [-0.2, 0) is 0 Å². The number of nitrogen functional groups attached to an aromatic ring is 2. The lowest BCUT2D eigenvalue weighted by molar-refractivity contribution is 0.151. The van der Waals surface area contributed by atoms with Crippen molar-refractivity contribution < 1.29 is 8.78 Å². The largest absolute Gasteiger partial charge is 0.397 e. The second-order valence-corrected chi connectivity index (χ2v) is 3.15. The van der Waals surface area contributed by atoms with Gasteiger partial charge in [-0.3, -0.25) is 0 Å². The number of anilines is 2. The highest BCUT2D eigenvalue weighted by Gasteiger charge is 2.17. The molecule has 0 saturated heterocycles. The summed E-state index contributed by atoms with van der Waals surface area (Å²) in [5, 5.41) is 0. The number of pyridine rings is 1. The normalized spacial score (nSPS) is 10.7. The number of hydrogen-bond donors (Lipinski definition) is 2. The van der Waals surface area contributed by atoms with Gasteiger partial charge in [0.1, 0.15) is 3.70 Å². The summed E-state index contributed by atoms with van der Waals surface area (Å²) in [6.45, 7) is 0. The Kier molecular flexibility index (Phi) is 2.65. The van der Waals surface area contributed by atoms with E-state index >= 15 is 0 Å². The van der Waals surface area contributed by atoms with Crippen LogP contribution in [0.1, 0.15) is 12.0 Å². The first-order chi connectivity index (χ1) is 5.54. The molecule has 0 amide bonds. The molecule has 0 fully saturated rings.